The van der Waals surface area contributed by atoms with Crippen molar-refractivity contribution in [1.29, 1.82) is 0 Å². The van der Waals surface area contributed by atoms with Crippen molar-refractivity contribution in [2.45, 2.75) is 5.25 Å². The number of carbonyl (C=O) groups is 2. The number of anilines is 1. The molecule has 0 radical (unpaired) electrons. The topological polar surface area (TPSA) is 97.1 Å². The SMILES string of the molecule is O=C1CS[C@@H](c2cccnc2)c2cnn(-c3ccc(C(=O)O)cc3)c2N1. The van der Waals surface area contributed by atoms with Gasteiger partial charge in [0.15, 0.2) is 0 Å². The number of nitrogens with one attached hydrogen (secondary N) is 1. The number of aromatic carboxylic acids is 1. The highest BCUT2D eigenvalue weighted by Gasteiger charge is 2.28. The van der Waals surface area contributed by atoms with E-state index in [0.29, 0.717) is 17.3 Å². The minimum atomic E-state index is -0.989. The normalized spacial score (nSPS) is 16.5. The Morgan fingerprint density at radius 2 is 2.04 bits per heavy atom. The highest BCUT2D eigenvalue weighted by Crippen LogP contribution is 2.41. The number of fused-ring (bicyclic) bond motifs is 1. The second-order valence-electron chi connectivity index (χ2n) is 5.74. The van der Waals surface area contributed by atoms with E-state index in [-0.39, 0.29) is 16.7 Å². The van der Waals surface area contributed by atoms with Crippen LogP contribution in [0.5, 0.6) is 0 Å². The average molecular weight is 366 g/mol. The largest absolute Gasteiger partial charge is 0.478 e. The van der Waals surface area contributed by atoms with E-state index in [4.69, 9.17) is 5.11 Å². The van der Waals surface area contributed by atoms with Crippen LogP contribution in [0.3, 0.4) is 0 Å². The molecule has 1 aromatic carbocycles. The van der Waals surface area contributed by atoms with Crippen LogP contribution in [0.4, 0.5) is 5.82 Å². The van der Waals surface area contributed by atoms with Gasteiger partial charge in [0.1, 0.15) is 5.82 Å². The molecule has 0 saturated carbocycles. The molecule has 0 fully saturated rings. The number of amides is 1. The van der Waals surface area contributed by atoms with Gasteiger partial charge >= 0.3 is 5.97 Å². The van der Waals surface area contributed by atoms with Gasteiger partial charge in [-0.1, -0.05) is 6.07 Å². The first-order valence-electron chi connectivity index (χ1n) is 7.86. The summed E-state index contributed by atoms with van der Waals surface area (Å²) in [7, 11) is 0. The van der Waals surface area contributed by atoms with Gasteiger partial charge in [0.05, 0.1) is 28.5 Å². The zero-order valence-corrected chi connectivity index (χ0v) is 14.3. The minimum Gasteiger partial charge on any atom is -0.478 e. The summed E-state index contributed by atoms with van der Waals surface area (Å²) in [5.74, 6) is -0.174. The van der Waals surface area contributed by atoms with E-state index in [2.05, 4.69) is 15.4 Å². The lowest BCUT2D eigenvalue weighted by molar-refractivity contribution is -0.113. The summed E-state index contributed by atoms with van der Waals surface area (Å²) in [4.78, 5) is 27.4. The molecule has 0 saturated heterocycles. The average Bonchev–Trinajstić information content (AvgIpc) is 2.98. The Morgan fingerprint density at radius 1 is 1.23 bits per heavy atom. The number of carboxylic acids is 1. The molecule has 1 aliphatic rings. The number of rotatable bonds is 3. The molecule has 0 aliphatic carbocycles. The quantitative estimate of drug-likeness (QED) is 0.740. The number of thioether (sulfide) groups is 1. The zero-order valence-electron chi connectivity index (χ0n) is 13.5. The number of nitrogens with zero attached hydrogens (tertiary/aromatic N) is 3. The molecule has 2 aromatic heterocycles. The molecule has 2 N–H and O–H groups in total. The van der Waals surface area contributed by atoms with Gasteiger partial charge in [-0.2, -0.15) is 5.10 Å². The van der Waals surface area contributed by atoms with E-state index in [1.54, 1.807) is 35.4 Å². The van der Waals surface area contributed by atoms with Gasteiger partial charge in [-0.15, -0.1) is 11.8 Å². The van der Waals surface area contributed by atoms with Gasteiger partial charge in [-0.05, 0) is 35.9 Å². The highest BCUT2D eigenvalue weighted by molar-refractivity contribution is 8.00. The summed E-state index contributed by atoms with van der Waals surface area (Å²) in [5.41, 5.74) is 2.75. The molecular formula is C18H14N4O3S. The third-order valence-electron chi connectivity index (χ3n) is 4.06. The molecule has 3 aromatic rings. The Kier molecular flexibility index (Phi) is 4.18. The molecule has 0 unspecified atom stereocenters. The number of carboxylic acid groups (broad SMARTS) is 1. The Morgan fingerprint density at radius 3 is 2.73 bits per heavy atom. The second-order valence-corrected chi connectivity index (χ2v) is 6.83. The van der Waals surface area contributed by atoms with Crippen LogP contribution in [0.2, 0.25) is 0 Å². The van der Waals surface area contributed by atoms with Crippen molar-refractivity contribution in [2.75, 3.05) is 11.1 Å². The Balaban J connectivity index is 1.79. The van der Waals surface area contributed by atoms with Gasteiger partial charge in [0.2, 0.25) is 5.91 Å². The summed E-state index contributed by atoms with van der Waals surface area (Å²) in [6.07, 6.45) is 5.23. The lowest BCUT2D eigenvalue weighted by Gasteiger charge is -2.13. The highest BCUT2D eigenvalue weighted by atomic mass is 32.2. The lowest BCUT2D eigenvalue weighted by Crippen LogP contribution is -2.15. The maximum Gasteiger partial charge on any atom is 0.335 e. The Hall–Kier alpha value is -3.13. The first-order valence-corrected chi connectivity index (χ1v) is 8.91. The van der Waals surface area contributed by atoms with Crippen LogP contribution in [-0.4, -0.2) is 37.5 Å². The summed E-state index contributed by atoms with van der Waals surface area (Å²) < 4.78 is 1.62. The fourth-order valence-electron chi connectivity index (χ4n) is 2.84. The Labute approximate surface area is 153 Å². The van der Waals surface area contributed by atoms with Crippen molar-refractivity contribution in [3.63, 3.8) is 0 Å². The first kappa shape index (κ1) is 16.3. The van der Waals surface area contributed by atoms with Gasteiger partial charge < -0.3 is 10.4 Å². The molecule has 7 nitrogen and oxygen atoms in total. The van der Waals surface area contributed by atoms with Crippen LogP contribution in [0.25, 0.3) is 5.69 Å². The van der Waals surface area contributed by atoms with E-state index >= 15 is 0 Å². The number of pyridine rings is 1. The summed E-state index contributed by atoms with van der Waals surface area (Å²) in [6.45, 7) is 0. The predicted octanol–water partition coefficient (Wildman–Crippen LogP) is 2.74. The molecule has 1 atom stereocenters. The number of aromatic nitrogens is 3. The van der Waals surface area contributed by atoms with Crippen LogP contribution in [0, 0.1) is 0 Å². The number of carbonyl (C=O) groups excluding carboxylic acids is 1. The monoisotopic (exact) mass is 366 g/mol. The predicted molar refractivity (Wildman–Crippen MR) is 97.7 cm³/mol. The first-order chi connectivity index (χ1) is 12.6. The molecular weight excluding hydrogens is 352 g/mol. The molecule has 0 spiro atoms. The third kappa shape index (κ3) is 2.95. The molecule has 8 heteroatoms. The number of hydrogen-bond acceptors (Lipinski definition) is 5. The maximum absolute atomic E-state index is 12.2. The van der Waals surface area contributed by atoms with Crippen molar-refractivity contribution in [3.8, 4) is 5.69 Å². The maximum atomic E-state index is 12.2. The molecule has 0 bridgehead atoms. The summed E-state index contributed by atoms with van der Waals surface area (Å²) in [5, 5.41) is 16.3. The van der Waals surface area contributed by atoms with Crippen molar-refractivity contribution in [1.82, 2.24) is 14.8 Å². The standard InChI is InChI=1S/C18H14N4O3S/c23-15-10-26-16(12-2-1-7-19-8-12)14-9-20-22(17(14)21-15)13-5-3-11(4-6-13)18(24)25/h1-9,16H,10H2,(H,21,23)(H,24,25)/t16-/m0/s1. The van der Waals surface area contributed by atoms with Gasteiger partial charge in [0.25, 0.3) is 0 Å². The second kappa shape index (κ2) is 6.64. The van der Waals surface area contributed by atoms with Crippen LogP contribution in [0.1, 0.15) is 26.7 Å². The molecule has 26 heavy (non-hydrogen) atoms. The van der Waals surface area contributed by atoms with Gasteiger partial charge in [-0.25, -0.2) is 9.48 Å². The molecule has 4 rings (SSSR count). The fourth-order valence-corrected chi connectivity index (χ4v) is 3.92. The van der Waals surface area contributed by atoms with Crippen molar-refractivity contribution >= 4 is 29.5 Å². The van der Waals surface area contributed by atoms with Crippen molar-refractivity contribution < 1.29 is 14.7 Å². The molecule has 1 aliphatic heterocycles. The summed E-state index contributed by atoms with van der Waals surface area (Å²) >= 11 is 1.52. The minimum absolute atomic E-state index is 0.0651. The lowest BCUT2D eigenvalue weighted by atomic mass is 10.1. The Bertz CT molecular complexity index is 970. The van der Waals surface area contributed by atoms with Crippen molar-refractivity contribution in [2.24, 2.45) is 0 Å². The van der Waals surface area contributed by atoms with E-state index in [1.807, 2.05) is 12.1 Å². The van der Waals surface area contributed by atoms with E-state index in [9.17, 15) is 9.59 Å². The zero-order chi connectivity index (χ0) is 18.1. The van der Waals surface area contributed by atoms with E-state index in [0.717, 1.165) is 11.1 Å². The molecule has 3 heterocycles. The van der Waals surface area contributed by atoms with Gasteiger partial charge in [0, 0.05) is 18.0 Å². The molecule has 1 amide bonds. The van der Waals surface area contributed by atoms with Crippen LogP contribution in [-0.2, 0) is 4.79 Å². The van der Waals surface area contributed by atoms with Crippen molar-refractivity contribution in [3.05, 3.63) is 71.7 Å². The third-order valence-corrected chi connectivity index (χ3v) is 5.35. The fraction of sp³-hybridized carbons (Fsp3) is 0.111. The van der Waals surface area contributed by atoms with Gasteiger partial charge in [-0.3, -0.25) is 9.78 Å². The van der Waals surface area contributed by atoms with E-state index in [1.165, 1.54) is 23.9 Å². The van der Waals surface area contributed by atoms with Crippen LogP contribution in [0.15, 0.2) is 55.0 Å². The van der Waals surface area contributed by atoms with Crippen LogP contribution < -0.4 is 5.32 Å². The van der Waals surface area contributed by atoms with E-state index < -0.39 is 5.97 Å². The molecule has 130 valence electrons. The summed E-state index contributed by atoms with van der Waals surface area (Å²) in [6, 6.07) is 10.2. The van der Waals surface area contributed by atoms with Crippen LogP contribution >= 0.6 is 11.8 Å². The number of benzene rings is 1. The smallest absolute Gasteiger partial charge is 0.335 e. The number of hydrogen-bond donors (Lipinski definition) is 2.